The fraction of sp³-hybridized carbons (Fsp3) is 1.00. The number of hydrogen-bond acceptors (Lipinski definition) is 5. The van der Waals surface area contributed by atoms with E-state index < -0.39 is 6.10 Å². The normalized spacial score (nSPS) is 21.0. The van der Waals surface area contributed by atoms with Crippen LogP contribution in [-0.2, 0) is 4.74 Å². The van der Waals surface area contributed by atoms with Crippen molar-refractivity contribution in [2.24, 2.45) is 0 Å². The van der Waals surface area contributed by atoms with Crippen LogP contribution >= 0.6 is 0 Å². The lowest BCUT2D eigenvalue weighted by Gasteiger charge is -1.96. The number of ether oxygens (including phenoxy) is 1. The average Bonchev–Trinajstić information content (AvgIpc) is 2.86. The molecule has 0 aliphatic carbocycles. The Morgan fingerprint density at radius 2 is 1.73 bits per heavy atom. The Labute approximate surface area is 64.9 Å². The molecule has 5 nitrogen and oxygen atoms in total. The fourth-order valence-electron chi connectivity index (χ4n) is 0.231. The van der Waals surface area contributed by atoms with Crippen LogP contribution in [0.1, 0.15) is 0 Å². The van der Waals surface area contributed by atoms with Crippen molar-refractivity contribution in [2.75, 3.05) is 26.4 Å². The molecule has 0 aromatic heterocycles. The zero-order valence-corrected chi connectivity index (χ0v) is 6.18. The Hall–Kier alpha value is -0.200. The Kier molecular flexibility index (Phi) is 6.39. The van der Waals surface area contributed by atoms with Crippen LogP contribution < -0.4 is 0 Å². The third-order valence-corrected chi connectivity index (χ3v) is 1.03. The van der Waals surface area contributed by atoms with Crippen LogP contribution in [0.25, 0.3) is 0 Å². The van der Waals surface area contributed by atoms with Crippen LogP contribution in [0.5, 0.6) is 0 Å². The van der Waals surface area contributed by atoms with Crippen molar-refractivity contribution in [1.82, 2.24) is 0 Å². The van der Waals surface area contributed by atoms with E-state index in [4.69, 9.17) is 20.4 Å². The van der Waals surface area contributed by atoms with Crippen LogP contribution in [0, 0.1) is 0 Å². The van der Waals surface area contributed by atoms with Crippen molar-refractivity contribution >= 4 is 0 Å². The quantitative estimate of drug-likeness (QED) is 0.354. The van der Waals surface area contributed by atoms with E-state index >= 15 is 0 Å². The molecule has 5 heteroatoms. The zero-order chi connectivity index (χ0) is 8.69. The van der Waals surface area contributed by atoms with Gasteiger partial charge in [0.2, 0.25) is 0 Å². The van der Waals surface area contributed by atoms with Gasteiger partial charge in [0.25, 0.3) is 0 Å². The molecule has 1 aliphatic rings. The monoisotopic (exact) mass is 166 g/mol. The first kappa shape index (κ1) is 10.8. The summed E-state index contributed by atoms with van der Waals surface area (Å²) in [6.07, 6.45) is -0.764. The zero-order valence-electron chi connectivity index (χ0n) is 6.18. The van der Waals surface area contributed by atoms with Gasteiger partial charge in [-0.1, -0.05) is 0 Å². The first-order valence-corrected chi connectivity index (χ1v) is 3.36. The van der Waals surface area contributed by atoms with Crippen molar-refractivity contribution in [3.8, 4) is 0 Å². The van der Waals surface area contributed by atoms with Crippen LogP contribution in [0.2, 0.25) is 0 Å². The standard InChI is InChI=1S/C3H8O3.C3H6O2/c4-1-3(6)2-5;4-1-3-2-5-3/h3-6H,1-2H2;3-4H,1-2H2. The summed E-state index contributed by atoms with van der Waals surface area (Å²) < 4.78 is 4.61. The smallest absolute Gasteiger partial charge is 0.104 e. The van der Waals surface area contributed by atoms with E-state index in [0.717, 1.165) is 6.61 Å². The Morgan fingerprint density at radius 1 is 1.27 bits per heavy atom. The lowest BCUT2D eigenvalue weighted by atomic mass is 10.4. The Bertz CT molecular complexity index is 79.0. The summed E-state index contributed by atoms with van der Waals surface area (Å²) in [5.41, 5.74) is 0. The Balaban J connectivity index is 0.000000183. The maximum absolute atomic E-state index is 8.17. The lowest BCUT2D eigenvalue weighted by Crippen LogP contribution is -2.15. The third kappa shape index (κ3) is 7.70. The molecule has 0 spiro atoms. The van der Waals surface area contributed by atoms with Crippen LogP contribution in [0.4, 0.5) is 0 Å². The topological polar surface area (TPSA) is 93.5 Å². The summed E-state index contributed by atoms with van der Waals surface area (Å²) >= 11 is 0. The largest absolute Gasteiger partial charge is 0.394 e. The number of aliphatic hydroxyl groups excluding tert-OH is 4. The molecule has 0 aromatic carbocycles. The van der Waals surface area contributed by atoms with E-state index in [-0.39, 0.29) is 25.9 Å². The van der Waals surface area contributed by atoms with Gasteiger partial charge in [-0.25, -0.2) is 0 Å². The van der Waals surface area contributed by atoms with Gasteiger partial charge in [0.1, 0.15) is 12.2 Å². The van der Waals surface area contributed by atoms with E-state index in [1.165, 1.54) is 0 Å². The van der Waals surface area contributed by atoms with Crippen LogP contribution in [0.3, 0.4) is 0 Å². The first-order valence-electron chi connectivity index (χ1n) is 3.36. The molecule has 0 amide bonds. The van der Waals surface area contributed by atoms with Crippen molar-refractivity contribution in [1.29, 1.82) is 0 Å². The molecule has 0 aromatic rings. The third-order valence-electron chi connectivity index (χ3n) is 1.03. The van der Waals surface area contributed by atoms with Gasteiger partial charge >= 0.3 is 0 Å². The van der Waals surface area contributed by atoms with E-state index in [1.54, 1.807) is 0 Å². The summed E-state index contributed by atoms with van der Waals surface area (Å²) in [7, 11) is 0. The first-order chi connectivity index (χ1) is 5.24. The maximum atomic E-state index is 8.17. The minimum atomic E-state index is -0.954. The van der Waals surface area contributed by atoms with E-state index in [1.807, 2.05) is 0 Å². The van der Waals surface area contributed by atoms with Gasteiger partial charge in [0, 0.05) is 0 Å². The fourth-order valence-corrected chi connectivity index (χ4v) is 0.231. The highest BCUT2D eigenvalue weighted by molar-refractivity contribution is 4.65. The van der Waals surface area contributed by atoms with Crippen molar-refractivity contribution in [3.05, 3.63) is 0 Å². The maximum Gasteiger partial charge on any atom is 0.104 e. The lowest BCUT2D eigenvalue weighted by molar-refractivity contribution is 0.0450. The summed E-state index contributed by atoms with van der Waals surface area (Å²) in [5, 5.41) is 32.1. The summed E-state index contributed by atoms with van der Waals surface area (Å²) in [5.74, 6) is 0. The average molecular weight is 166 g/mol. The predicted octanol–water partition coefficient (Wildman–Crippen LogP) is -2.29. The van der Waals surface area contributed by atoms with Gasteiger partial charge in [-0.05, 0) is 0 Å². The van der Waals surface area contributed by atoms with E-state index in [2.05, 4.69) is 4.74 Å². The molecule has 11 heavy (non-hydrogen) atoms. The molecular weight excluding hydrogens is 152 g/mol. The summed E-state index contributed by atoms with van der Waals surface area (Å²) in [6.45, 7) is 0.226. The molecule has 1 fully saturated rings. The second kappa shape index (κ2) is 6.51. The van der Waals surface area contributed by atoms with E-state index in [0.29, 0.717) is 0 Å². The van der Waals surface area contributed by atoms with Gasteiger partial charge in [-0.15, -0.1) is 0 Å². The second-order valence-corrected chi connectivity index (χ2v) is 2.16. The highest BCUT2D eigenvalue weighted by Gasteiger charge is 2.19. The molecule has 68 valence electrons. The van der Waals surface area contributed by atoms with Crippen LogP contribution in [-0.4, -0.2) is 59.1 Å². The van der Waals surface area contributed by atoms with Crippen molar-refractivity contribution < 1.29 is 25.2 Å². The SMILES string of the molecule is OCC(O)CO.OCC1CO1. The predicted molar refractivity (Wildman–Crippen MR) is 37.0 cm³/mol. The molecule has 1 aliphatic heterocycles. The van der Waals surface area contributed by atoms with Gasteiger partial charge in [-0.3, -0.25) is 0 Å². The number of rotatable bonds is 3. The van der Waals surface area contributed by atoms with Gasteiger partial charge in [-0.2, -0.15) is 0 Å². The van der Waals surface area contributed by atoms with Crippen molar-refractivity contribution in [3.63, 3.8) is 0 Å². The highest BCUT2D eigenvalue weighted by atomic mass is 16.6. The summed E-state index contributed by atoms with van der Waals surface area (Å²) in [4.78, 5) is 0. The second-order valence-electron chi connectivity index (χ2n) is 2.16. The van der Waals surface area contributed by atoms with Gasteiger partial charge in [0.15, 0.2) is 0 Å². The molecule has 0 bridgehead atoms. The molecule has 0 radical (unpaired) electrons. The molecule has 1 saturated heterocycles. The number of aliphatic hydroxyl groups is 4. The van der Waals surface area contributed by atoms with Gasteiger partial charge < -0.3 is 25.2 Å². The van der Waals surface area contributed by atoms with E-state index in [9.17, 15) is 0 Å². The highest BCUT2D eigenvalue weighted by Crippen LogP contribution is 2.04. The minimum Gasteiger partial charge on any atom is -0.394 e. The molecule has 1 heterocycles. The molecular formula is C6H14O5. The Morgan fingerprint density at radius 3 is 1.73 bits per heavy atom. The van der Waals surface area contributed by atoms with Crippen LogP contribution in [0.15, 0.2) is 0 Å². The molecule has 0 saturated carbocycles. The molecule has 1 rings (SSSR count). The molecule has 1 unspecified atom stereocenters. The van der Waals surface area contributed by atoms with Crippen molar-refractivity contribution in [2.45, 2.75) is 12.2 Å². The minimum absolute atomic E-state index is 0.190. The van der Waals surface area contributed by atoms with Gasteiger partial charge in [0.05, 0.1) is 26.4 Å². The number of epoxide rings is 1. The molecule has 4 N–H and O–H groups in total. The number of hydrogen-bond donors (Lipinski definition) is 4. The molecule has 1 atom stereocenters. The summed E-state index contributed by atoms with van der Waals surface area (Å²) in [6, 6.07) is 0.